The number of nitrogens with zero attached hydrogens (tertiary/aromatic N) is 4. The van der Waals surface area contributed by atoms with E-state index < -0.39 is 0 Å². The van der Waals surface area contributed by atoms with Gasteiger partial charge in [0.15, 0.2) is 0 Å². The van der Waals surface area contributed by atoms with Gasteiger partial charge in [-0.3, -0.25) is 0 Å². The Hall–Kier alpha value is -12.5. The van der Waals surface area contributed by atoms with E-state index in [9.17, 15) is 0 Å². The summed E-state index contributed by atoms with van der Waals surface area (Å²) >= 11 is 3.73. The van der Waals surface area contributed by atoms with Crippen LogP contribution in [0.4, 0.5) is 68.2 Å². The van der Waals surface area contributed by atoms with Crippen molar-refractivity contribution in [3.8, 4) is 11.1 Å². The third-order valence-electron chi connectivity index (χ3n) is 19.6. The van der Waals surface area contributed by atoms with Crippen molar-refractivity contribution in [2.75, 3.05) is 19.6 Å². The van der Waals surface area contributed by atoms with Crippen molar-refractivity contribution >= 4 is 175 Å². The summed E-state index contributed by atoms with van der Waals surface area (Å²) in [6.07, 6.45) is 0.962. The monoisotopic (exact) mass is 1310 g/mol. The largest absolute Gasteiger partial charge is 0.456 e. The van der Waals surface area contributed by atoms with Gasteiger partial charge >= 0.3 is 0 Å². The summed E-state index contributed by atoms with van der Waals surface area (Å²) in [7, 11) is 0. The zero-order valence-corrected chi connectivity index (χ0v) is 56.0. The molecular formula is C93H62N4OS2. The quantitative estimate of drug-likeness (QED) is 0.121. The predicted molar refractivity (Wildman–Crippen MR) is 428 cm³/mol. The maximum Gasteiger partial charge on any atom is 0.135 e. The van der Waals surface area contributed by atoms with Crippen molar-refractivity contribution in [2.24, 2.45) is 0 Å². The molecule has 0 saturated heterocycles. The molecular weight excluding hydrogens is 1250 g/mol. The maximum absolute atomic E-state index is 6.22. The Bertz CT molecular complexity index is 6190. The highest BCUT2D eigenvalue weighted by Gasteiger charge is 2.26. The number of hydrogen-bond acceptors (Lipinski definition) is 7. The lowest BCUT2D eigenvalue weighted by molar-refractivity contribution is 0.669. The van der Waals surface area contributed by atoms with E-state index in [1.165, 1.54) is 95.5 Å². The Morgan fingerprint density at radius 2 is 0.550 bits per heavy atom. The average Bonchev–Trinajstić information content (AvgIpc) is 1.50. The van der Waals surface area contributed by atoms with Gasteiger partial charge in [0.2, 0.25) is 0 Å². The number of furan rings is 1. The standard InChI is InChI=1S/C47H32N2S.C46H30N2OS/c1-4-15-34(16-5-1)48(35-17-6-2-7-18-35)38-25-27-45-43(30-38)47-42-23-13-12-22-41(42)44(31-46(47)50-45)49(36-19-8-3-9-20-36)37-24-26-40-33(29-37)28-32-14-10-11-21-39(32)40;1-4-14-31(15-5-1)47(32-16-6-2-7-17-32)34-25-27-44-40(29-34)46-38-22-11-10-20-36(38)41(30-45(46)50-44)48(33-18-8-3-9-19-33)35-24-26-43-39(28-35)37-21-12-13-23-42(37)49-43/h1-27,29-31H,28H2;1-30H. The van der Waals surface area contributed by atoms with Crippen molar-refractivity contribution in [3.05, 3.63) is 375 Å². The van der Waals surface area contributed by atoms with Crippen LogP contribution in [0, 0.1) is 0 Å². The van der Waals surface area contributed by atoms with E-state index in [0.29, 0.717) is 0 Å². The summed E-state index contributed by atoms with van der Waals surface area (Å²) in [4.78, 5) is 9.54. The smallest absolute Gasteiger partial charge is 0.135 e. The maximum atomic E-state index is 6.22. The lowest BCUT2D eigenvalue weighted by Crippen LogP contribution is -2.11. The van der Waals surface area contributed by atoms with Gasteiger partial charge in [0, 0.05) is 119 Å². The number of rotatable bonds is 12. The summed E-state index contributed by atoms with van der Waals surface area (Å²) in [5.74, 6) is 0. The van der Waals surface area contributed by atoms with Gasteiger partial charge < -0.3 is 24.0 Å². The van der Waals surface area contributed by atoms with E-state index in [1.54, 1.807) is 0 Å². The van der Waals surface area contributed by atoms with E-state index in [0.717, 1.165) is 85.2 Å². The summed E-state index contributed by atoms with van der Waals surface area (Å²) in [5.41, 5.74) is 21.0. The van der Waals surface area contributed by atoms with Gasteiger partial charge in [-0.2, -0.15) is 0 Å². The second-order valence-corrected chi connectivity index (χ2v) is 27.7. The van der Waals surface area contributed by atoms with Crippen LogP contribution in [-0.4, -0.2) is 0 Å². The second kappa shape index (κ2) is 24.8. The Morgan fingerprint density at radius 1 is 0.210 bits per heavy atom. The molecule has 1 aliphatic rings. The highest BCUT2D eigenvalue weighted by Crippen LogP contribution is 2.52. The molecule has 100 heavy (non-hydrogen) atoms. The molecule has 3 aromatic heterocycles. The van der Waals surface area contributed by atoms with Gasteiger partial charge in [0.05, 0.1) is 11.4 Å². The summed E-state index contributed by atoms with van der Waals surface area (Å²) in [6.45, 7) is 0. The fraction of sp³-hybridized carbons (Fsp3) is 0.0108. The molecule has 0 bridgehead atoms. The number of fused-ring (bicyclic) bond motifs is 16. The zero-order chi connectivity index (χ0) is 66.0. The first kappa shape index (κ1) is 58.8. The zero-order valence-electron chi connectivity index (χ0n) is 54.4. The van der Waals surface area contributed by atoms with Crippen molar-refractivity contribution < 1.29 is 4.42 Å². The normalized spacial score (nSPS) is 11.8. The Labute approximate surface area is 587 Å². The van der Waals surface area contributed by atoms with Gasteiger partial charge in [-0.25, -0.2) is 0 Å². The van der Waals surface area contributed by atoms with E-state index in [1.807, 2.05) is 34.8 Å². The number of thiophene rings is 2. The van der Waals surface area contributed by atoms with Crippen molar-refractivity contribution in [1.29, 1.82) is 0 Å². The minimum Gasteiger partial charge on any atom is -0.456 e. The molecule has 0 radical (unpaired) electrons. The third-order valence-corrected chi connectivity index (χ3v) is 21.9. The Balaban J connectivity index is 0.000000139. The van der Waals surface area contributed by atoms with Crippen LogP contribution in [0.15, 0.2) is 368 Å². The minimum atomic E-state index is 0.892. The first-order chi connectivity index (χ1) is 49.6. The molecule has 7 heteroatoms. The lowest BCUT2D eigenvalue weighted by Gasteiger charge is -2.28. The highest BCUT2D eigenvalue weighted by molar-refractivity contribution is 7.26. The van der Waals surface area contributed by atoms with Crippen LogP contribution < -0.4 is 19.6 Å². The molecule has 0 spiro atoms. The number of anilines is 12. The van der Waals surface area contributed by atoms with Crippen LogP contribution in [0.1, 0.15) is 11.1 Å². The molecule has 5 nitrogen and oxygen atoms in total. The van der Waals surface area contributed by atoms with Gasteiger partial charge in [-0.1, -0.05) is 206 Å². The van der Waals surface area contributed by atoms with E-state index in [2.05, 4.69) is 371 Å². The fourth-order valence-corrected chi connectivity index (χ4v) is 17.5. The molecule has 0 unspecified atom stereocenters. The average molecular weight is 1320 g/mol. The number of para-hydroxylation sites is 7. The summed E-state index contributed by atoms with van der Waals surface area (Å²) in [6, 6.07) is 131. The molecule has 472 valence electrons. The molecule has 0 fully saturated rings. The number of benzene rings is 16. The van der Waals surface area contributed by atoms with E-state index in [4.69, 9.17) is 4.42 Å². The first-order valence-corrected chi connectivity index (χ1v) is 35.6. The van der Waals surface area contributed by atoms with Crippen LogP contribution in [-0.2, 0) is 6.42 Å². The molecule has 0 atom stereocenters. The molecule has 0 N–H and O–H groups in total. The first-order valence-electron chi connectivity index (χ1n) is 34.0. The van der Waals surface area contributed by atoms with Gasteiger partial charge in [-0.05, 0) is 197 Å². The minimum absolute atomic E-state index is 0.892. The Kier molecular flexibility index (Phi) is 14.6. The van der Waals surface area contributed by atoms with Crippen LogP contribution in [0.3, 0.4) is 0 Å². The third kappa shape index (κ3) is 10.3. The van der Waals surface area contributed by atoms with Crippen LogP contribution >= 0.6 is 22.7 Å². The second-order valence-electron chi connectivity index (χ2n) is 25.5. The molecule has 16 aromatic carbocycles. The van der Waals surface area contributed by atoms with Crippen molar-refractivity contribution in [3.63, 3.8) is 0 Å². The van der Waals surface area contributed by atoms with E-state index >= 15 is 0 Å². The molecule has 3 heterocycles. The SMILES string of the molecule is c1ccc(N(c2ccccc2)c2ccc3sc4cc(N(c5ccccc5)c5ccc6c(c5)Cc5ccccc5-6)c5ccccc5c4c3c2)cc1.c1ccc(N(c2ccccc2)c2ccc3sc4cc(N(c5ccccc5)c5ccc6oc7ccccc7c6c5)c5ccccc5c4c3c2)cc1. The lowest BCUT2D eigenvalue weighted by atomic mass is 9.99. The molecule has 0 aliphatic heterocycles. The van der Waals surface area contributed by atoms with E-state index in [-0.39, 0.29) is 0 Å². The molecule has 19 aromatic rings. The highest BCUT2D eigenvalue weighted by atomic mass is 32.1. The number of hydrogen-bond donors (Lipinski definition) is 0. The summed E-state index contributed by atoms with van der Waals surface area (Å²) in [5, 5.41) is 12.3. The van der Waals surface area contributed by atoms with Crippen LogP contribution in [0.2, 0.25) is 0 Å². The fourth-order valence-electron chi connectivity index (χ4n) is 15.2. The van der Waals surface area contributed by atoms with Gasteiger partial charge in [0.1, 0.15) is 11.2 Å². The molecule has 0 saturated carbocycles. The summed E-state index contributed by atoms with van der Waals surface area (Å²) < 4.78 is 11.3. The van der Waals surface area contributed by atoms with Crippen LogP contribution in [0.25, 0.3) is 95.0 Å². The molecule has 0 amide bonds. The molecule has 1 aliphatic carbocycles. The van der Waals surface area contributed by atoms with Crippen molar-refractivity contribution in [1.82, 2.24) is 0 Å². The van der Waals surface area contributed by atoms with Gasteiger partial charge in [-0.15, -0.1) is 22.7 Å². The topological polar surface area (TPSA) is 26.1 Å². The van der Waals surface area contributed by atoms with Gasteiger partial charge in [0.25, 0.3) is 0 Å². The predicted octanol–water partition coefficient (Wildman–Crippen LogP) is 27.8. The molecule has 20 rings (SSSR count). The Morgan fingerprint density at radius 3 is 1.03 bits per heavy atom. The van der Waals surface area contributed by atoms with Crippen molar-refractivity contribution in [2.45, 2.75) is 6.42 Å². The van der Waals surface area contributed by atoms with Crippen LogP contribution in [0.5, 0.6) is 0 Å².